The number of nitrogens with one attached hydrogen (secondary N) is 2. The van der Waals surface area contributed by atoms with Gasteiger partial charge in [-0.1, -0.05) is 53.6 Å². The van der Waals surface area contributed by atoms with Gasteiger partial charge >= 0.3 is 6.03 Å². The number of ether oxygens (including phenoxy) is 1. The molecular formula is C27H22ClN3O5. The summed E-state index contributed by atoms with van der Waals surface area (Å²) in [6, 6.07) is 17.8. The molecule has 0 saturated carbocycles. The second-order valence-corrected chi connectivity index (χ2v) is 8.54. The number of aryl methyl sites for hydroxylation is 2. The first kappa shape index (κ1) is 24.7. The fourth-order valence-corrected chi connectivity index (χ4v) is 3.65. The lowest BCUT2D eigenvalue weighted by molar-refractivity contribution is -0.122. The van der Waals surface area contributed by atoms with Crippen LogP contribution < -0.4 is 20.3 Å². The van der Waals surface area contributed by atoms with E-state index in [2.05, 4.69) is 10.6 Å². The summed E-state index contributed by atoms with van der Waals surface area (Å²) in [5, 5.41) is 5.29. The minimum atomic E-state index is -0.876. The number of hydrogen-bond acceptors (Lipinski definition) is 5. The van der Waals surface area contributed by atoms with Crippen molar-refractivity contribution in [2.45, 2.75) is 13.8 Å². The molecule has 2 N–H and O–H groups in total. The maximum atomic E-state index is 13.2. The molecule has 3 aromatic carbocycles. The molecule has 1 aliphatic rings. The Morgan fingerprint density at radius 2 is 1.75 bits per heavy atom. The zero-order valence-corrected chi connectivity index (χ0v) is 20.3. The van der Waals surface area contributed by atoms with Gasteiger partial charge in [-0.05, 0) is 55.8 Å². The van der Waals surface area contributed by atoms with Gasteiger partial charge in [0.25, 0.3) is 17.7 Å². The van der Waals surface area contributed by atoms with Crippen LogP contribution in [0, 0.1) is 13.8 Å². The lowest BCUT2D eigenvalue weighted by Crippen LogP contribution is -2.54. The summed E-state index contributed by atoms with van der Waals surface area (Å²) in [6.07, 6.45) is 1.32. The average molecular weight is 504 g/mol. The van der Waals surface area contributed by atoms with E-state index in [0.717, 1.165) is 16.0 Å². The molecule has 1 heterocycles. The smallest absolute Gasteiger partial charge is 0.335 e. The molecule has 36 heavy (non-hydrogen) atoms. The van der Waals surface area contributed by atoms with E-state index in [-0.39, 0.29) is 29.5 Å². The molecule has 0 aromatic heterocycles. The number of hydrogen-bond donors (Lipinski definition) is 2. The number of benzene rings is 3. The molecule has 0 aliphatic carbocycles. The van der Waals surface area contributed by atoms with Gasteiger partial charge in [0.2, 0.25) is 0 Å². The SMILES string of the molecule is Cc1ccc(NC(=O)COc2ccccc2/C=C2\C(=O)NC(=O)N(c3ccc(C)c(Cl)c3)C2=O)cc1. The molecule has 182 valence electrons. The highest BCUT2D eigenvalue weighted by Gasteiger charge is 2.37. The number of para-hydroxylation sites is 1. The fourth-order valence-electron chi connectivity index (χ4n) is 3.48. The molecule has 0 atom stereocenters. The van der Waals surface area contributed by atoms with Crippen molar-refractivity contribution in [1.29, 1.82) is 0 Å². The topological polar surface area (TPSA) is 105 Å². The Hall–Kier alpha value is -4.43. The molecule has 9 heteroatoms. The number of anilines is 2. The van der Waals surface area contributed by atoms with Gasteiger partial charge in [0.05, 0.1) is 5.69 Å². The van der Waals surface area contributed by atoms with Crippen molar-refractivity contribution in [2.75, 3.05) is 16.8 Å². The largest absolute Gasteiger partial charge is 0.483 e. The number of carbonyl (C=O) groups is 4. The third kappa shape index (κ3) is 5.45. The fraction of sp³-hybridized carbons (Fsp3) is 0.111. The first-order valence-corrected chi connectivity index (χ1v) is 11.4. The summed E-state index contributed by atoms with van der Waals surface area (Å²) in [6.45, 7) is 3.44. The molecule has 8 nitrogen and oxygen atoms in total. The quantitative estimate of drug-likeness (QED) is 0.376. The zero-order chi connectivity index (χ0) is 25.8. The van der Waals surface area contributed by atoms with Gasteiger partial charge in [-0.25, -0.2) is 9.69 Å². The van der Waals surface area contributed by atoms with Crippen LogP contribution in [-0.2, 0) is 14.4 Å². The molecule has 1 saturated heterocycles. The van der Waals surface area contributed by atoms with E-state index in [1.54, 1.807) is 55.5 Å². The summed E-state index contributed by atoms with van der Waals surface area (Å²) in [5.41, 5.74) is 2.81. The number of carbonyl (C=O) groups excluding carboxylic acids is 4. The third-order valence-corrected chi connectivity index (χ3v) is 5.84. The van der Waals surface area contributed by atoms with Crippen LogP contribution in [0.1, 0.15) is 16.7 Å². The summed E-state index contributed by atoms with van der Waals surface area (Å²) >= 11 is 6.16. The minimum Gasteiger partial charge on any atom is -0.483 e. The van der Waals surface area contributed by atoms with Gasteiger partial charge in [0, 0.05) is 16.3 Å². The van der Waals surface area contributed by atoms with Crippen molar-refractivity contribution < 1.29 is 23.9 Å². The van der Waals surface area contributed by atoms with Crippen molar-refractivity contribution in [3.63, 3.8) is 0 Å². The van der Waals surface area contributed by atoms with Gasteiger partial charge < -0.3 is 10.1 Å². The van der Waals surface area contributed by atoms with E-state index in [1.807, 2.05) is 19.1 Å². The summed E-state index contributed by atoms with van der Waals surface area (Å²) in [7, 11) is 0. The average Bonchev–Trinajstić information content (AvgIpc) is 2.84. The minimum absolute atomic E-state index is 0.226. The lowest BCUT2D eigenvalue weighted by atomic mass is 10.1. The van der Waals surface area contributed by atoms with Crippen molar-refractivity contribution >= 4 is 52.8 Å². The second-order valence-electron chi connectivity index (χ2n) is 8.13. The molecular weight excluding hydrogens is 482 g/mol. The van der Waals surface area contributed by atoms with Crippen molar-refractivity contribution in [1.82, 2.24) is 5.32 Å². The van der Waals surface area contributed by atoms with Crippen LogP contribution in [-0.4, -0.2) is 30.4 Å². The van der Waals surface area contributed by atoms with E-state index in [0.29, 0.717) is 16.3 Å². The standard InChI is InChI=1S/C27H22ClN3O5/c1-16-7-10-19(11-8-16)29-24(32)15-36-23-6-4-3-5-18(23)13-21-25(33)30-27(35)31(26(21)34)20-12-9-17(2)22(28)14-20/h3-14H,15H2,1-2H3,(H,29,32)(H,30,33,35)/b21-13+. The predicted molar refractivity (Wildman–Crippen MR) is 137 cm³/mol. The van der Waals surface area contributed by atoms with Crippen LogP contribution in [0.3, 0.4) is 0 Å². The molecule has 4 rings (SSSR count). The molecule has 0 spiro atoms. The van der Waals surface area contributed by atoms with E-state index in [4.69, 9.17) is 16.3 Å². The summed E-state index contributed by atoms with van der Waals surface area (Å²) < 4.78 is 5.67. The van der Waals surface area contributed by atoms with Crippen molar-refractivity contribution in [2.24, 2.45) is 0 Å². The van der Waals surface area contributed by atoms with Crippen LogP contribution in [0.15, 0.2) is 72.3 Å². The Labute approximate surface area is 212 Å². The van der Waals surface area contributed by atoms with Gasteiger partial charge in [0.1, 0.15) is 11.3 Å². The first-order valence-electron chi connectivity index (χ1n) is 11.0. The maximum absolute atomic E-state index is 13.2. The highest BCUT2D eigenvalue weighted by Crippen LogP contribution is 2.28. The monoisotopic (exact) mass is 503 g/mol. The summed E-state index contributed by atoms with van der Waals surface area (Å²) in [5.74, 6) is -1.74. The van der Waals surface area contributed by atoms with Crippen molar-refractivity contribution in [3.8, 4) is 5.75 Å². The van der Waals surface area contributed by atoms with E-state index < -0.39 is 17.8 Å². The van der Waals surface area contributed by atoms with E-state index in [1.165, 1.54) is 12.1 Å². The van der Waals surface area contributed by atoms with Crippen LogP contribution in [0.25, 0.3) is 6.08 Å². The zero-order valence-electron chi connectivity index (χ0n) is 19.5. The van der Waals surface area contributed by atoms with Crippen LogP contribution >= 0.6 is 11.6 Å². The van der Waals surface area contributed by atoms with E-state index in [9.17, 15) is 19.2 Å². The number of nitrogens with zero attached hydrogens (tertiary/aromatic N) is 1. The molecule has 3 aromatic rings. The van der Waals surface area contributed by atoms with Gasteiger partial charge in [-0.3, -0.25) is 19.7 Å². The highest BCUT2D eigenvalue weighted by atomic mass is 35.5. The summed E-state index contributed by atoms with van der Waals surface area (Å²) in [4.78, 5) is 51.4. The maximum Gasteiger partial charge on any atom is 0.335 e. The van der Waals surface area contributed by atoms with Gasteiger partial charge in [-0.15, -0.1) is 0 Å². The van der Waals surface area contributed by atoms with Crippen LogP contribution in [0.2, 0.25) is 5.02 Å². The molecule has 0 radical (unpaired) electrons. The molecule has 0 unspecified atom stereocenters. The van der Waals surface area contributed by atoms with Gasteiger partial charge in [-0.2, -0.15) is 0 Å². The Bertz CT molecular complexity index is 1400. The molecule has 1 fully saturated rings. The van der Waals surface area contributed by atoms with Crippen LogP contribution in [0.4, 0.5) is 16.2 Å². The third-order valence-electron chi connectivity index (χ3n) is 5.43. The number of urea groups is 1. The molecule has 1 aliphatic heterocycles. The number of rotatable bonds is 6. The number of barbiturate groups is 1. The van der Waals surface area contributed by atoms with Crippen molar-refractivity contribution in [3.05, 3.63) is 94.0 Å². The predicted octanol–water partition coefficient (Wildman–Crippen LogP) is 4.64. The Morgan fingerprint density at radius 3 is 2.47 bits per heavy atom. The molecule has 0 bridgehead atoms. The Balaban J connectivity index is 1.55. The first-order chi connectivity index (χ1) is 17.2. The highest BCUT2D eigenvalue weighted by molar-refractivity contribution is 6.39. The Kier molecular flexibility index (Phi) is 7.17. The number of halogens is 1. The normalized spacial score (nSPS) is 14.6. The van der Waals surface area contributed by atoms with Crippen LogP contribution in [0.5, 0.6) is 5.75 Å². The second kappa shape index (κ2) is 10.5. The number of amides is 5. The van der Waals surface area contributed by atoms with Gasteiger partial charge in [0.15, 0.2) is 6.61 Å². The number of imide groups is 2. The lowest BCUT2D eigenvalue weighted by Gasteiger charge is -2.26. The van der Waals surface area contributed by atoms with E-state index >= 15 is 0 Å². The Morgan fingerprint density at radius 1 is 1.03 bits per heavy atom. The molecule has 5 amide bonds.